The Bertz CT molecular complexity index is 641. The molecule has 5 heteroatoms. The molecule has 2 aromatic carbocycles. The van der Waals surface area contributed by atoms with Crippen molar-refractivity contribution in [1.82, 2.24) is 10.6 Å². The minimum atomic E-state index is -0.418. The van der Waals surface area contributed by atoms with Gasteiger partial charge in [-0.25, -0.2) is 0 Å². The first kappa shape index (κ1) is 16.8. The number of carbonyl (C=O) groups excluding carboxylic acids is 1. The van der Waals surface area contributed by atoms with Gasteiger partial charge in [0.25, 0.3) is 0 Å². The zero-order valence-corrected chi connectivity index (χ0v) is 13.1. The maximum atomic E-state index is 12.2. The number of rotatable bonds is 7. The minimum Gasteiger partial charge on any atom is -0.508 e. The monoisotopic (exact) mass is 314 g/mol. The van der Waals surface area contributed by atoms with E-state index in [4.69, 9.17) is 0 Å². The Morgan fingerprint density at radius 1 is 1.09 bits per heavy atom. The van der Waals surface area contributed by atoms with Crippen LogP contribution in [0.25, 0.3) is 0 Å². The van der Waals surface area contributed by atoms with E-state index in [2.05, 4.69) is 10.6 Å². The molecule has 0 heterocycles. The summed E-state index contributed by atoms with van der Waals surface area (Å²) in [5.74, 6) is 0.320. The predicted molar refractivity (Wildman–Crippen MR) is 89.2 cm³/mol. The van der Waals surface area contributed by atoms with Crippen molar-refractivity contribution in [1.29, 1.82) is 0 Å². The van der Waals surface area contributed by atoms with Crippen LogP contribution in [-0.2, 0) is 17.8 Å². The first-order valence-electron chi connectivity index (χ1n) is 7.66. The van der Waals surface area contributed by atoms with Crippen molar-refractivity contribution in [2.24, 2.45) is 0 Å². The van der Waals surface area contributed by atoms with Crippen LogP contribution in [0.1, 0.15) is 18.1 Å². The molecule has 0 spiro atoms. The van der Waals surface area contributed by atoms with Crippen molar-refractivity contribution >= 4 is 5.91 Å². The number of phenols is 2. The third kappa shape index (κ3) is 5.00. The largest absolute Gasteiger partial charge is 0.508 e. The third-order valence-electron chi connectivity index (χ3n) is 3.57. The molecule has 23 heavy (non-hydrogen) atoms. The number of para-hydroxylation sites is 1. The SMILES string of the molecule is CCNC(=O)[C@H](Cc1ccc(O)cc1)NCc1ccccc1O. The van der Waals surface area contributed by atoms with Gasteiger partial charge < -0.3 is 20.8 Å². The molecule has 0 aliphatic rings. The molecule has 0 bridgehead atoms. The molecule has 0 aliphatic heterocycles. The lowest BCUT2D eigenvalue weighted by Crippen LogP contribution is -2.45. The van der Waals surface area contributed by atoms with Crippen molar-refractivity contribution in [3.8, 4) is 11.5 Å². The Kier molecular flexibility index (Phi) is 6.00. The summed E-state index contributed by atoms with van der Waals surface area (Å²) in [5, 5.41) is 25.2. The van der Waals surface area contributed by atoms with Crippen LogP contribution in [0.3, 0.4) is 0 Å². The van der Waals surface area contributed by atoms with Crippen molar-refractivity contribution in [3.05, 3.63) is 59.7 Å². The molecule has 0 saturated heterocycles. The van der Waals surface area contributed by atoms with E-state index >= 15 is 0 Å². The van der Waals surface area contributed by atoms with Crippen LogP contribution >= 0.6 is 0 Å². The first-order valence-corrected chi connectivity index (χ1v) is 7.66. The van der Waals surface area contributed by atoms with Crippen LogP contribution in [0.15, 0.2) is 48.5 Å². The number of likely N-dealkylation sites (N-methyl/N-ethyl adjacent to an activating group) is 1. The Morgan fingerprint density at radius 3 is 2.43 bits per heavy atom. The van der Waals surface area contributed by atoms with Gasteiger partial charge in [0.1, 0.15) is 11.5 Å². The van der Waals surface area contributed by atoms with Crippen LogP contribution < -0.4 is 10.6 Å². The number of hydrogen-bond donors (Lipinski definition) is 4. The second-order valence-corrected chi connectivity index (χ2v) is 5.33. The molecular formula is C18H22N2O3. The first-order chi connectivity index (χ1) is 11.1. The fourth-order valence-corrected chi connectivity index (χ4v) is 2.32. The Balaban J connectivity index is 2.06. The van der Waals surface area contributed by atoms with E-state index in [0.717, 1.165) is 11.1 Å². The fraction of sp³-hybridized carbons (Fsp3) is 0.278. The molecule has 0 aromatic heterocycles. The van der Waals surface area contributed by atoms with Crippen molar-refractivity contribution in [2.75, 3.05) is 6.54 Å². The molecule has 0 unspecified atom stereocenters. The average Bonchev–Trinajstić information content (AvgIpc) is 2.55. The number of hydrogen-bond acceptors (Lipinski definition) is 4. The number of carbonyl (C=O) groups is 1. The predicted octanol–water partition coefficient (Wildman–Crippen LogP) is 1.93. The normalized spacial score (nSPS) is 11.9. The highest BCUT2D eigenvalue weighted by Gasteiger charge is 2.18. The molecule has 4 N–H and O–H groups in total. The molecule has 2 aromatic rings. The lowest BCUT2D eigenvalue weighted by Gasteiger charge is -2.18. The molecule has 0 saturated carbocycles. The van der Waals surface area contributed by atoms with Crippen LogP contribution in [0.5, 0.6) is 11.5 Å². The van der Waals surface area contributed by atoms with E-state index in [9.17, 15) is 15.0 Å². The molecule has 122 valence electrons. The molecule has 1 atom stereocenters. The van der Waals surface area contributed by atoms with E-state index in [0.29, 0.717) is 19.5 Å². The second kappa shape index (κ2) is 8.19. The van der Waals surface area contributed by atoms with E-state index in [1.165, 1.54) is 0 Å². The lowest BCUT2D eigenvalue weighted by molar-refractivity contribution is -0.123. The fourth-order valence-electron chi connectivity index (χ4n) is 2.32. The second-order valence-electron chi connectivity index (χ2n) is 5.33. The van der Waals surface area contributed by atoms with Crippen molar-refractivity contribution in [3.63, 3.8) is 0 Å². The van der Waals surface area contributed by atoms with E-state index in [1.54, 1.807) is 36.4 Å². The zero-order valence-electron chi connectivity index (χ0n) is 13.1. The number of aromatic hydroxyl groups is 2. The van der Waals surface area contributed by atoms with Crippen LogP contribution in [-0.4, -0.2) is 28.7 Å². The summed E-state index contributed by atoms with van der Waals surface area (Å²) in [5.41, 5.74) is 1.69. The quantitative estimate of drug-likeness (QED) is 0.629. The highest BCUT2D eigenvalue weighted by atomic mass is 16.3. The highest BCUT2D eigenvalue weighted by molar-refractivity contribution is 5.82. The molecule has 1 amide bonds. The van der Waals surface area contributed by atoms with Crippen molar-refractivity contribution < 1.29 is 15.0 Å². The number of amides is 1. The van der Waals surface area contributed by atoms with Crippen LogP contribution in [0, 0.1) is 0 Å². The number of nitrogens with one attached hydrogen (secondary N) is 2. The Hall–Kier alpha value is -2.53. The number of phenolic OH excluding ortho intramolecular Hbond substituents is 2. The summed E-state index contributed by atoms with van der Waals surface area (Å²) in [7, 11) is 0. The van der Waals surface area contributed by atoms with Gasteiger partial charge in [0, 0.05) is 18.7 Å². The maximum Gasteiger partial charge on any atom is 0.237 e. The summed E-state index contributed by atoms with van der Waals surface area (Å²) in [6, 6.07) is 13.4. The maximum absolute atomic E-state index is 12.2. The summed E-state index contributed by atoms with van der Waals surface area (Å²) in [6.07, 6.45) is 0.500. The molecule has 0 radical (unpaired) electrons. The molecular weight excluding hydrogens is 292 g/mol. The zero-order chi connectivity index (χ0) is 16.7. The molecule has 5 nitrogen and oxygen atoms in total. The van der Waals surface area contributed by atoms with E-state index < -0.39 is 6.04 Å². The van der Waals surface area contributed by atoms with Gasteiger partial charge in [-0.15, -0.1) is 0 Å². The third-order valence-corrected chi connectivity index (χ3v) is 3.57. The number of benzene rings is 2. The topological polar surface area (TPSA) is 81.6 Å². The van der Waals surface area contributed by atoms with Gasteiger partial charge in [0.15, 0.2) is 0 Å². The summed E-state index contributed by atoms with van der Waals surface area (Å²) >= 11 is 0. The van der Waals surface area contributed by atoms with E-state index in [1.807, 2.05) is 19.1 Å². The van der Waals surface area contributed by atoms with Gasteiger partial charge in [0.2, 0.25) is 5.91 Å². The smallest absolute Gasteiger partial charge is 0.237 e. The van der Waals surface area contributed by atoms with Gasteiger partial charge in [-0.05, 0) is 37.1 Å². The molecule has 0 fully saturated rings. The van der Waals surface area contributed by atoms with Gasteiger partial charge in [-0.1, -0.05) is 30.3 Å². The summed E-state index contributed by atoms with van der Waals surface area (Å²) < 4.78 is 0. The molecule has 2 rings (SSSR count). The standard InChI is InChI=1S/C18H22N2O3/c1-2-19-18(23)16(11-13-7-9-15(21)10-8-13)20-12-14-5-3-4-6-17(14)22/h3-10,16,20-22H,2,11-12H2,1H3,(H,19,23)/t16-/m0/s1. The van der Waals surface area contributed by atoms with Crippen LogP contribution in [0.2, 0.25) is 0 Å². The Morgan fingerprint density at radius 2 is 1.78 bits per heavy atom. The van der Waals surface area contributed by atoms with Gasteiger partial charge >= 0.3 is 0 Å². The molecule has 0 aliphatic carbocycles. The summed E-state index contributed by atoms with van der Waals surface area (Å²) in [6.45, 7) is 2.83. The van der Waals surface area contributed by atoms with Gasteiger partial charge in [0.05, 0.1) is 6.04 Å². The van der Waals surface area contributed by atoms with E-state index in [-0.39, 0.29) is 17.4 Å². The summed E-state index contributed by atoms with van der Waals surface area (Å²) in [4.78, 5) is 12.2. The van der Waals surface area contributed by atoms with Gasteiger partial charge in [-0.3, -0.25) is 4.79 Å². The highest BCUT2D eigenvalue weighted by Crippen LogP contribution is 2.16. The minimum absolute atomic E-state index is 0.0870. The van der Waals surface area contributed by atoms with Crippen LogP contribution in [0.4, 0.5) is 0 Å². The average molecular weight is 314 g/mol. The lowest BCUT2D eigenvalue weighted by atomic mass is 10.0. The van der Waals surface area contributed by atoms with Crippen molar-refractivity contribution in [2.45, 2.75) is 25.9 Å². The Labute approximate surface area is 136 Å². The van der Waals surface area contributed by atoms with Gasteiger partial charge in [-0.2, -0.15) is 0 Å².